The molecule has 2 rings (SSSR count). The molecule has 6 nitrogen and oxygen atoms in total. The molecule has 0 saturated carbocycles. The molecule has 1 aromatic rings. The van der Waals surface area contributed by atoms with Gasteiger partial charge in [-0.25, -0.2) is 8.42 Å². The molecule has 3 N–H and O–H groups in total. The van der Waals surface area contributed by atoms with Gasteiger partial charge in [-0.1, -0.05) is 12.1 Å². The Balaban J connectivity index is 2.39. The number of nitrogens with zero attached hydrogens (tertiary/aromatic N) is 1. The fourth-order valence-corrected chi connectivity index (χ4v) is 4.35. The van der Waals surface area contributed by atoms with Crippen molar-refractivity contribution in [1.82, 2.24) is 4.31 Å². The highest BCUT2D eigenvalue weighted by molar-refractivity contribution is 7.89. The first kappa shape index (κ1) is 15.2. The third-order valence-corrected chi connectivity index (χ3v) is 5.07. The second-order valence-corrected chi connectivity index (χ2v) is 7.53. The average molecular weight is 299 g/mol. The average Bonchev–Trinajstić information content (AvgIpc) is 2.36. The molecule has 1 aromatic carbocycles. The zero-order valence-corrected chi connectivity index (χ0v) is 12.8. The van der Waals surface area contributed by atoms with Crippen molar-refractivity contribution in [1.29, 1.82) is 0 Å². The van der Waals surface area contributed by atoms with Crippen LogP contribution >= 0.6 is 0 Å². The molecule has 0 radical (unpaired) electrons. The molecule has 0 amide bonds. The van der Waals surface area contributed by atoms with Crippen molar-refractivity contribution < 1.29 is 13.2 Å². The number of para-hydroxylation sites is 1. The van der Waals surface area contributed by atoms with Gasteiger partial charge in [-0.05, 0) is 32.9 Å². The number of nitrogens with two attached hydrogens (primary N) is 1. The lowest BCUT2D eigenvalue weighted by molar-refractivity contribution is -0.109. The van der Waals surface area contributed by atoms with Gasteiger partial charge in [-0.2, -0.15) is 4.31 Å². The monoisotopic (exact) mass is 299 g/mol. The van der Waals surface area contributed by atoms with E-state index < -0.39 is 15.6 Å². The first-order valence-corrected chi connectivity index (χ1v) is 7.94. The molecule has 1 fully saturated rings. The molecule has 1 atom stereocenters. The van der Waals surface area contributed by atoms with E-state index in [1.807, 2.05) is 20.8 Å². The van der Waals surface area contributed by atoms with Crippen LogP contribution < -0.4 is 11.3 Å². The Bertz CT molecular complexity index is 586. The van der Waals surface area contributed by atoms with Gasteiger partial charge in [0.15, 0.2) is 0 Å². The third-order valence-electron chi connectivity index (χ3n) is 3.20. The summed E-state index contributed by atoms with van der Waals surface area (Å²) >= 11 is 0. The smallest absolute Gasteiger partial charge is 0.245 e. The van der Waals surface area contributed by atoms with Crippen LogP contribution in [0.15, 0.2) is 29.2 Å². The predicted molar refractivity (Wildman–Crippen MR) is 77.6 cm³/mol. The number of benzene rings is 1. The molecule has 1 saturated heterocycles. The summed E-state index contributed by atoms with van der Waals surface area (Å²) in [5, 5.41) is 0. The van der Waals surface area contributed by atoms with Gasteiger partial charge in [0.05, 0.1) is 17.4 Å². The van der Waals surface area contributed by atoms with E-state index in [1.165, 1.54) is 4.31 Å². The first-order chi connectivity index (χ1) is 9.26. The lowest BCUT2D eigenvalue weighted by Gasteiger charge is -2.41. The molecule has 7 heteroatoms. The van der Waals surface area contributed by atoms with Gasteiger partial charge in [-0.15, -0.1) is 0 Å². The number of morpholine rings is 1. The second-order valence-electron chi connectivity index (χ2n) is 5.63. The predicted octanol–water partition coefficient (Wildman–Crippen LogP) is 1.16. The van der Waals surface area contributed by atoms with Crippen molar-refractivity contribution in [3.8, 4) is 0 Å². The maximum atomic E-state index is 12.8. The molecule has 0 bridgehead atoms. The number of sulfonamides is 1. The van der Waals surface area contributed by atoms with Crippen molar-refractivity contribution in [2.24, 2.45) is 5.84 Å². The van der Waals surface area contributed by atoms with Crippen LogP contribution in [0, 0.1) is 0 Å². The summed E-state index contributed by atoms with van der Waals surface area (Å²) in [4.78, 5) is 0.187. The van der Waals surface area contributed by atoms with Gasteiger partial charge in [0, 0.05) is 13.1 Å². The quantitative estimate of drug-likeness (QED) is 0.646. The van der Waals surface area contributed by atoms with Crippen LogP contribution in [-0.4, -0.2) is 37.5 Å². The molecule has 0 spiro atoms. The minimum Gasteiger partial charge on any atom is -0.370 e. The van der Waals surface area contributed by atoms with Crippen molar-refractivity contribution in [2.75, 3.05) is 18.5 Å². The number of rotatable bonds is 3. The van der Waals surface area contributed by atoms with Crippen LogP contribution in [0.4, 0.5) is 5.69 Å². The summed E-state index contributed by atoms with van der Waals surface area (Å²) in [5.74, 6) is 5.40. The molecule has 20 heavy (non-hydrogen) atoms. The van der Waals surface area contributed by atoms with E-state index in [0.717, 1.165) is 0 Å². The summed E-state index contributed by atoms with van der Waals surface area (Å²) < 4.78 is 32.8. The maximum Gasteiger partial charge on any atom is 0.245 e. The number of anilines is 1. The van der Waals surface area contributed by atoms with Gasteiger partial charge in [0.25, 0.3) is 0 Å². The van der Waals surface area contributed by atoms with Crippen molar-refractivity contribution in [3.63, 3.8) is 0 Å². The minimum atomic E-state index is -3.60. The molecule has 0 aliphatic carbocycles. The van der Waals surface area contributed by atoms with Crippen molar-refractivity contribution in [3.05, 3.63) is 24.3 Å². The Hall–Kier alpha value is -1.15. The Morgan fingerprint density at radius 3 is 2.65 bits per heavy atom. The van der Waals surface area contributed by atoms with E-state index in [4.69, 9.17) is 10.6 Å². The fourth-order valence-electron chi connectivity index (χ4n) is 2.53. The number of hydrogen-bond donors (Lipinski definition) is 2. The lowest BCUT2D eigenvalue weighted by Crippen LogP contribution is -2.53. The molecular formula is C13H21N3O3S. The molecule has 1 unspecified atom stereocenters. The molecule has 1 aliphatic rings. The third kappa shape index (κ3) is 2.95. The highest BCUT2D eigenvalue weighted by Gasteiger charge is 2.38. The number of nitrogen functional groups attached to an aromatic ring is 1. The fraction of sp³-hybridized carbons (Fsp3) is 0.538. The molecule has 1 heterocycles. The minimum absolute atomic E-state index is 0.147. The van der Waals surface area contributed by atoms with E-state index in [-0.39, 0.29) is 11.0 Å². The second kappa shape index (κ2) is 5.33. The Labute approximate surface area is 119 Å². The van der Waals surface area contributed by atoms with Crippen LogP contribution in [0.2, 0.25) is 0 Å². The zero-order chi connectivity index (χ0) is 15.0. The van der Waals surface area contributed by atoms with Crippen LogP contribution in [0.3, 0.4) is 0 Å². The number of ether oxygens (including phenoxy) is 1. The van der Waals surface area contributed by atoms with E-state index >= 15 is 0 Å². The normalized spacial score (nSPS) is 23.5. The summed E-state index contributed by atoms with van der Waals surface area (Å²) in [6.45, 7) is 6.30. The van der Waals surface area contributed by atoms with Crippen LogP contribution in [0.25, 0.3) is 0 Å². The Kier molecular flexibility index (Phi) is 4.06. The van der Waals surface area contributed by atoms with E-state index in [0.29, 0.717) is 18.8 Å². The first-order valence-electron chi connectivity index (χ1n) is 6.50. The number of nitrogens with one attached hydrogen (secondary N) is 1. The zero-order valence-electron chi connectivity index (χ0n) is 12.0. The Morgan fingerprint density at radius 2 is 2.05 bits per heavy atom. The molecule has 0 aromatic heterocycles. The van der Waals surface area contributed by atoms with Gasteiger partial charge in [0.1, 0.15) is 4.90 Å². The topological polar surface area (TPSA) is 84.7 Å². The summed E-state index contributed by atoms with van der Waals surface area (Å²) in [7, 11) is -3.60. The maximum absolute atomic E-state index is 12.8. The van der Waals surface area contributed by atoms with Crippen LogP contribution in [-0.2, 0) is 14.8 Å². The van der Waals surface area contributed by atoms with Gasteiger partial charge in [0.2, 0.25) is 10.0 Å². The SMILES string of the molecule is CC1CN(S(=O)(=O)c2ccccc2NN)CC(C)(C)O1. The molecule has 1 aliphatic heterocycles. The van der Waals surface area contributed by atoms with E-state index in [9.17, 15) is 8.42 Å². The van der Waals surface area contributed by atoms with Crippen LogP contribution in [0.1, 0.15) is 20.8 Å². The number of hydrazine groups is 1. The summed E-state index contributed by atoms with van der Waals surface area (Å²) in [6.07, 6.45) is -0.147. The summed E-state index contributed by atoms with van der Waals surface area (Å²) in [6, 6.07) is 6.61. The Morgan fingerprint density at radius 1 is 1.40 bits per heavy atom. The van der Waals surface area contributed by atoms with E-state index in [1.54, 1.807) is 24.3 Å². The number of hydrogen-bond acceptors (Lipinski definition) is 5. The largest absolute Gasteiger partial charge is 0.370 e. The van der Waals surface area contributed by atoms with E-state index in [2.05, 4.69) is 5.43 Å². The van der Waals surface area contributed by atoms with Crippen LogP contribution in [0.5, 0.6) is 0 Å². The van der Waals surface area contributed by atoms with Crippen molar-refractivity contribution in [2.45, 2.75) is 37.4 Å². The van der Waals surface area contributed by atoms with Gasteiger partial charge in [-0.3, -0.25) is 5.84 Å². The van der Waals surface area contributed by atoms with Gasteiger partial charge >= 0.3 is 0 Å². The lowest BCUT2D eigenvalue weighted by atomic mass is 10.1. The highest BCUT2D eigenvalue weighted by atomic mass is 32.2. The van der Waals surface area contributed by atoms with Gasteiger partial charge < -0.3 is 10.2 Å². The highest BCUT2D eigenvalue weighted by Crippen LogP contribution is 2.29. The molecule has 112 valence electrons. The molecular weight excluding hydrogens is 278 g/mol. The summed E-state index contributed by atoms with van der Waals surface area (Å²) in [5.41, 5.74) is 2.32. The van der Waals surface area contributed by atoms with Crippen molar-refractivity contribution >= 4 is 15.7 Å². The standard InChI is InChI=1S/C13H21N3O3S/c1-10-8-16(9-13(2,3)19-10)20(17,18)12-7-5-4-6-11(12)15-14/h4-7,10,15H,8-9,14H2,1-3H3.